The molecule has 5 nitrogen and oxygen atoms in total. The van der Waals surface area contributed by atoms with E-state index >= 15 is 0 Å². The number of amides is 2. The summed E-state index contributed by atoms with van der Waals surface area (Å²) in [5.41, 5.74) is 0. The molecule has 1 saturated heterocycles. The smallest absolute Gasteiger partial charge is 0.317 e. The van der Waals surface area contributed by atoms with E-state index in [1.807, 2.05) is 4.90 Å². The molecule has 2 rings (SSSR count). The summed E-state index contributed by atoms with van der Waals surface area (Å²) in [6.45, 7) is 4.70. The fraction of sp³-hybridized carbons (Fsp3) is 0.933. The largest absolute Gasteiger partial charge is 0.382 e. The Labute approximate surface area is 122 Å². The van der Waals surface area contributed by atoms with Crippen LogP contribution in [0.4, 0.5) is 4.79 Å². The van der Waals surface area contributed by atoms with E-state index in [0.717, 1.165) is 18.8 Å². The van der Waals surface area contributed by atoms with E-state index in [2.05, 4.69) is 12.2 Å². The first-order valence-corrected chi connectivity index (χ1v) is 7.89. The van der Waals surface area contributed by atoms with E-state index in [9.17, 15) is 4.79 Å². The maximum Gasteiger partial charge on any atom is 0.317 e. The van der Waals surface area contributed by atoms with Gasteiger partial charge in [0.25, 0.3) is 0 Å². The van der Waals surface area contributed by atoms with Crippen molar-refractivity contribution < 1.29 is 14.3 Å². The SMILES string of the molecule is CC[C@@H]1CCC[C@H](NC(=O)N2CCO[C@H](COC)C2)C1. The van der Waals surface area contributed by atoms with Crippen LogP contribution in [-0.2, 0) is 9.47 Å². The second-order valence-electron chi connectivity index (χ2n) is 5.98. The van der Waals surface area contributed by atoms with Crippen LogP contribution in [0.25, 0.3) is 0 Å². The first-order valence-electron chi connectivity index (χ1n) is 7.89. The topological polar surface area (TPSA) is 50.8 Å². The van der Waals surface area contributed by atoms with Gasteiger partial charge in [0.1, 0.15) is 0 Å². The first-order chi connectivity index (χ1) is 9.72. The predicted molar refractivity (Wildman–Crippen MR) is 77.8 cm³/mol. The van der Waals surface area contributed by atoms with Crippen LogP contribution >= 0.6 is 0 Å². The second kappa shape index (κ2) is 7.84. The average molecular weight is 284 g/mol. The third-order valence-electron chi connectivity index (χ3n) is 4.47. The quantitative estimate of drug-likeness (QED) is 0.859. The number of methoxy groups -OCH3 is 1. The van der Waals surface area contributed by atoms with Crippen molar-refractivity contribution in [1.82, 2.24) is 10.2 Å². The van der Waals surface area contributed by atoms with Crippen LogP contribution < -0.4 is 5.32 Å². The van der Waals surface area contributed by atoms with Crippen LogP contribution in [0.1, 0.15) is 39.0 Å². The molecule has 1 aliphatic heterocycles. The third kappa shape index (κ3) is 4.35. The highest BCUT2D eigenvalue weighted by Gasteiger charge is 2.27. The number of morpholine rings is 1. The van der Waals surface area contributed by atoms with Gasteiger partial charge >= 0.3 is 6.03 Å². The van der Waals surface area contributed by atoms with Crippen LogP contribution in [0, 0.1) is 5.92 Å². The van der Waals surface area contributed by atoms with Gasteiger partial charge in [0, 0.05) is 19.7 Å². The standard InChI is InChI=1S/C15H28N2O3/c1-3-12-5-4-6-13(9-12)16-15(18)17-7-8-20-14(10-17)11-19-2/h12-14H,3-11H2,1-2H3,(H,16,18)/t12-,13+,14+/m1/s1. The fourth-order valence-electron chi connectivity index (χ4n) is 3.25. The summed E-state index contributed by atoms with van der Waals surface area (Å²) in [5.74, 6) is 0.778. The molecule has 2 fully saturated rings. The van der Waals surface area contributed by atoms with Gasteiger partial charge in [-0.05, 0) is 18.8 Å². The Morgan fingerprint density at radius 1 is 1.45 bits per heavy atom. The number of urea groups is 1. The maximum absolute atomic E-state index is 12.3. The molecule has 0 aromatic rings. The monoisotopic (exact) mass is 284 g/mol. The summed E-state index contributed by atoms with van der Waals surface area (Å²) >= 11 is 0. The number of carbonyl (C=O) groups is 1. The summed E-state index contributed by atoms with van der Waals surface area (Å²) in [7, 11) is 1.66. The molecular weight excluding hydrogens is 256 g/mol. The normalized spacial score (nSPS) is 31.1. The zero-order valence-electron chi connectivity index (χ0n) is 12.8. The Bertz CT molecular complexity index is 309. The molecule has 0 aromatic heterocycles. The van der Waals surface area contributed by atoms with Gasteiger partial charge in [-0.3, -0.25) is 0 Å². The third-order valence-corrected chi connectivity index (χ3v) is 4.47. The van der Waals surface area contributed by atoms with Gasteiger partial charge in [-0.25, -0.2) is 4.79 Å². The van der Waals surface area contributed by atoms with Gasteiger partial charge in [0.2, 0.25) is 0 Å². The summed E-state index contributed by atoms with van der Waals surface area (Å²) in [6.07, 6.45) is 6.03. The number of nitrogens with one attached hydrogen (secondary N) is 1. The van der Waals surface area contributed by atoms with E-state index in [0.29, 0.717) is 32.3 Å². The van der Waals surface area contributed by atoms with Crippen molar-refractivity contribution in [2.45, 2.75) is 51.2 Å². The Kier molecular flexibility index (Phi) is 6.10. The molecule has 0 bridgehead atoms. The van der Waals surface area contributed by atoms with Gasteiger partial charge in [-0.2, -0.15) is 0 Å². The molecule has 1 N–H and O–H groups in total. The van der Waals surface area contributed by atoms with Gasteiger partial charge in [0.05, 0.1) is 25.9 Å². The Morgan fingerprint density at radius 3 is 3.05 bits per heavy atom. The number of carbonyl (C=O) groups excluding carboxylic acids is 1. The lowest BCUT2D eigenvalue weighted by atomic mass is 9.84. The number of hydrogen-bond acceptors (Lipinski definition) is 3. The number of ether oxygens (including phenoxy) is 2. The van der Waals surface area contributed by atoms with Gasteiger partial charge in [0.15, 0.2) is 0 Å². The van der Waals surface area contributed by atoms with Crippen molar-refractivity contribution in [2.75, 3.05) is 33.4 Å². The van der Waals surface area contributed by atoms with Gasteiger partial charge in [-0.1, -0.05) is 26.2 Å². The van der Waals surface area contributed by atoms with E-state index in [-0.39, 0.29) is 12.1 Å². The van der Waals surface area contributed by atoms with E-state index < -0.39 is 0 Å². The molecule has 1 saturated carbocycles. The highest BCUT2D eigenvalue weighted by atomic mass is 16.5. The summed E-state index contributed by atoms with van der Waals surface area (Å²) in [5, 5.41) is 3.21. The summed E-state index contributed by atoms with van der Waals surface area (Å²) in [6, 6.07) is 0.418. The van der Waals surface area contributed by atoms with E-state index in [1.165, 1.54) is 19.3 Å². The molecule has 3 atom stereocenters. The van der Waals surface area contributed by atoms with Crippen molar-refractivity contribution in [1.29, 1.82) is 0 Å². The lowest BCUT2D eigenvalue weighted by molar-refractivity contribution is -0.0497. The zero-order chi connectivity index (χ0) is 14.4. The highest BCUT2D eigenvalue weighted by Crippen LogP contribution is 2.26. The van der Waals surface area contributed by atoms with Gasteiger partial charge in [-0.15, -0.1) is 0 Å². The average Bonchev–Trinajstić information content (AvgIpc) is 2.48. The lowest BCUT2D eigenvalue weighted by Crippen LogP contribution is -2.53. The highest BCUT2D eigenvalue weighted by molar-refractivity contribution is 5.74. The van der Waals surface area contributed by atoms with Crippen LogP contribution in [0.2, 0.25) is 0 Å². The van der Waals surface area contributed by atoms with Crippen LogP contribution in [0.5, 0.6) is 0 Å². The number of rotatable bonds is 4. The minimum absolute atomic E-state index is 0.00856. The van der Waals surface area contributed by atoms with Crippen molar-refractivity contribution in [3.05, 3.63) is 0 Å². The molecule has 20 heavy (non-hydrogen) atoms. The summed E-state index contributed by atoms with van der Waals surface area (Å²) in [4.78, 5) is 14.2. The minimum Gasteiger partial charge on any atom is -0.382 e. The predicted octanol–water partition coefficient (Wildman–Crippen LogP) is 2.01. The van der Waals surface area contributed by atoms with E-state index in [1.54, 1.807) is 7.11 Å². The molecule has 0 spiro atoms. The zero-order valence-corrected chi connectivity index (χ0v) is 12.8. The maximum atomic E-state index is 12.3. The molecule has 0 radical (unpaired) electrons. The molecule has 0 unspecified atom stereocenters. The number of nitrogens with zero attached hydrogens (tertiary/aromatic N) is 1. The Morgan fingerprint density at radius 2 is 2.30 bits per heavy atom. The Hall–Kier alpha value is -0.810. The first kappa shape index (κ1) is 15.6. The van der Waals surface area contributed by atoms with Crippen LogP contribution in [-0.4, -0.2) is 56.5 Å². The van der Waals surface area contributed by atoms with Crippen molar-refractivity contribution in [2.24, 2.45) is 5.92 Å². The molecule has 116 valence electrons. The molecule has 2 amide bonds. The molecule has 2 aliphatic rings. The lowest BCUT2D eigenvalue weighted by Gasteiger charge is -2.35. The van der Waals surface area contributed by atoms with E-state index in [4.69, 9.17) is 9.47 Å². The summed E-state index contributed by atoms with van der Waals surface area (Å²) < 4.78 is 10.7. The molecule has 1 heterocycles. The van der Waals surface area contributed by atoms with Gasteiger partial charge < -0.3 is 19.7 Å². The fourth-order valence-corrected chi connectivity index (χ4v) is 3.25. The molecule has 1 aliphatic carbocycles. The second-order valence-corrected chi connectivity index (χ2v) is 5.98. The minimum atomic E-state index is 0.00856. The van der Waals surface area contributed by atoms with Crippen molar-refractivity contribution in [3.63, 3.8) is 0 Å². The van der Waals surface area contributed by atoms with Crippen molar-refractivity contribution >= 4 is 6.03 Å². The molecule has 0 aromatic carbocycles. The Balaban J connectivity index is 1.78. The van der Waals surface area contributed by atoms with Crippen molar-refractivity contribution in [3.8, 4) is 0 Å². The van der Waals surface area contributed by atoms with Crippen LogP contribution in [0.3, 0.4) is 0 Å². The number of hydrogen-bond donors (Lipinski definition) is 1. The molecular formula is C15H28N2O3. The van der Waals surface area contributed by atoms with Crippen LogP contribution in [0.15, 0.2) is 0 Å². The molecule has 5 heteroatoms.